The van der Waals surface area contributed by atoms with Gasteiger partial charge in [0.15, 0.2) is 0 Å². The Morgan fingerprint density at radius 3 is 2.65 bits per heavy atom. The van der Waals surface area contributed by atoms with E-state index in [2.05, 4.69) is 50.0 Å². The lowest BCUT2D eigenvalue weighted by Gasteiger charge is -2.15. The summed E-state index contributed by atoms with van der Waals surface area (Å²) < 4.78 is 0. The number of likely N-dealkylation sites (N-methyl/N-ethyl adjacent to an activating group) is 1. The van der Waals surface area contributed by atoms with Crippen LogP contribution in [0.3, 0.4) is 0 Å². The van der Waals surface area contributed by atoms with E-state index in [9.17, 15) is 0 Å². The van der Waals surface area contributed by atoms with Gasteiger partial charge < -0.3 is 5.32 Å². The predicted octanol–water partition coefficient (Wildman–Crippen LogP) is 4.28. The maximum absolute atomic E-state index is 3.99. The molecule has 0 saturated heterocycles. The van der Waals surface area contributed by atoms with Crippen LogP contribution in [0, 0.1) is 0 Å². The van der Waals surface area contributed by atoms with Crippen LogP contribution in [0.2, 0.25) is 0 Å². The first-order valence-corrected chi connectivity index (χ1v) is 6.18. The van der Waals surface area contributed by atoms with Crippen molar-refractivity contribution in [1.29, 1.82) is 0 Å². The van der Waals surface area contributed by atoms with Crippen molar-refractivity contribution >= 4 is 0 Å². The first-order chi connectivity index (χ1) is 8.10. The smallest absolute Gasteiger partial charge is 0.0367 e. The van der Waals surface area contributed by atoms with Gasteiger partial charge in [0.25, 0.3) is 0 Å². The molecule has 0 heterocycles. The summed E-state index contributed by atoms with van der Waals surface area (Å²) in [5, 5.41) is 3.19. The summed E-state index contributed by atoms with van der Waals surface area (Å²) in [4.78, 5) is 0. The van der Waals surface area contributed by atoms with Crippen LogP contribution < -0.4 is 5.32 Å². The van der Waals surface area contributed by atoms with Crippen molar-refractivity contribution in [3.63, 3.8) is 0 Å². The van der Waals surface area contributed by atoms with Crippen LogP contribution in [0.15, 0.2) is 58.9 Å². The third kappa shape index (κ3) is 3.48. The van der Waals surface area contributed by atoms with Crippen LogP contribution in [-0.4, -0.2) is 7.05 Å². The summed E-state index contributed by atoms with van der Waals surface area (Å²) in [7, 11) is 1.94. The second-order valence-electron chi connectivity index (χ2n) is 4.47. The van der Waals surface area contributed by atoms with Crippen LogP contribution in [0.5, 0.6) is 0 Å². The van der Waals surface area contributed by atoms with E-state index in [1.807, 2.05) is 14.0 Å². The second-order valence-corrected chi connectivity index (χ2v) is 4.47. The first kappa shape index (κ1) is 13.6. The monoisotopic (exact) mass is 229 g/mol. The van der Waals surface area contributed by atoms with E-state index in [0.29, 0.717) is 0 Å². The standard InChI is InChI=1S/C16H23N/c1-6-14(11-16(17-5)12(2)3)15-10-8-7-9-13(15)4/h6,8,10-11,17H,2,7,9H2,1,3-5H3/b14-6-,16-11-. The average molecular weight is 229 g/mol. The Morgan fingerprint density at radius 2 is 2.18 bits per heavy atom. The van der Waals surface area contributed by atoms with Crippen LogP contribution in [-0.2, 0) is 0 Å². The highest BCUT2D eigenvalue weighted by atomic mass is 14.8. The summed E-state index contributed by atoms with van der Waals surface area (Å²) in [6.45, 7) is 10.3. The Hall–Kier alpha value is -1.50. The highest BCUT2D eigenvalue weighted by molar-refractivity contribution is 5.52. The van der Waals surface area contributed by atoms with E-state index in [-0.39, 0.29) is 0 Å². The molecule has 0 bridgehead atoms. The van der Waals surface area contributed by atoms with Gasteiger partial charge in [-0.25, -0.2) is 0 Å². The first-order valence-electron chi connectivity index (χ1n) is 6.18. The molecule has 0 radical (unpaired) electrons. The van der Waals surface area contributed by atoms with Gasteiger partial charge in [-0.2, -0.15) is 0 Å². The quantitative estimate of drug-likeness (QED) is 0.709. The van der Waals surface area contributed by atoms with Gasteiger partial charge in [-0.1, -0.05) is 30.4 Å². The van der Waals surface area contributed by atoms with E-state index >= 15 is 0 Å². The Labute approximate surface area is 105 Å². The van der Waals surface area contributed by atoms with E-state index in [4.69, 9.17) is 0 Å². The fourth-order valence-electron chi connectivity index (χ4n) is 2.00. The Balaban J connectivity index is 3.10. The van der Waals surface area contributed by atoms with Gasteiger partial charge in [0.2, 0.25) is 0 Å². The number of rotatable bonds is 4. The van der Waals surface area contributed by atoms with Gasteiger partial charge in [0, 0.05) is 12.7 Å². The highest BCUT2D eigenvalue weighted by Crippen LogP contribution is 2.26. The summed E-state index contributed by atoms with van der Waals surface area (Å²) in [5.41, 5.74) is 6.25. The largest absolute Gasteiger partial charge is 0.388 e. The van der Waals surface area contributed by atoms with Gasteiger partial charge in [0.05, 0.1) is 0 Å². The molecule has 0 fully saturated rings. The predicted molar refractivity (Wildman–Crippen MR) is 76.8 cm³/mol. The van der Waals surface area contributed by atoms with E-state index in [1.165, 1.54) is 23.1 Å². The zero-order valence-corrected chi connectivity index (χ0v) is 11.4. The Bertz CT molecular complexity index is 417. The molecule has 0 amide bonds. The molecule has 92 valence electrons. The molecule has 1 aliphatic carbocycles. The molecule has 0 aromatic heterocycles. The third-order valence-corrected chi connectivity index (χ3v) is 3.08. The molecule has 0 atom stereocenters. The molecule has 1 N–H and O–H groups in total. The maximum atomic E-state index is 3.99. The molecular weight excluding hydrogens is 206 g/mol. The van der Waals surface area contributed by atoms with Crippen molar-refractivity contribution in [2.75, 3.05) is 7.05 Å². The maximum Gasteiger partial charge on any atom is 0.0367 e. The van der Waals surface area contributed by atoms with Crippen molar-refractivity contribution in [3.8, 4) is 0 Å². The Morgan fingerprint density at radius 1 is 1.47 bits per heavy atom. The third-order valence-electron chi connectivity index (χ3n) is 3.08. The van der Waals surface area contributed by atoms with Crippen molar-refractivity contribution in [1.82, 2.24) is 5.32 Å². The zero-order chi connectivity index (χ0) is 12.8. The fourth-order valence-corrected chi connectivity index (χ4v) is 2.00. The van der Waals surface area contributed by atoms with Crippen LogP contribution >= 0.6 is 0 Å². The number of nitrogens with one attached hydrogen (secondary N) is 1. The molecular formula is C16H23N. The minimum absolute atomic E-state index is 1.06. The summed E-state index contributed by atoms with van der Waals surface area (Å²) in [6, 6.07) is 0. The van der Waals surface area contributed by atoms with Gasteiger partial charge in [0.1, 0.15) is 0 Å². The van der Waals surface area contributed by atoms with Crippen molar-refractivity contribution in [2.45, 2.75) is 33.6 Å². The van der Waals surface area contributed by atoms with Crippen LogP contribution in [0.4, 0.5) is 0 Å². The topological polar surface area (TPSA) is 12.0 Å². The molecule has 0 unspecified atom stereocenters. The van der Waals surface area contributed by atoms with Gasteiger partial charge in [-0.15, -0.1) is 0 Å². The molecule has 1 nitrogen and oxygen atoms in total. The van der Waals surface area contributed by atoms with E-state index in [0.717, 1.165) is 17.7 Å². The second kappa shape index (κ2) is 6.29. The molecule has 1 rings (SSSR count). The number of allylic oxidation sites excluding steroid dienone is 8. The lowest BCUT2D eigenvalue weighted by Crippen LogP contribution is -2.07. The zero-order valence-electron chi connectivity index (χ0n) is 11.4. The minimum atomic E-state index is 1.06. The molecule has 0 aliphatic heterocycles. The lowest BCUT2D eigenvalue weighted by molar-refractivity contribution is 0.942. The van der Waals surface area contributed by atoms with Crippen molar-refractivity contribution in [3.05, 3.63) is 58.9 Å². The van der Waals surface area contributed by atoms with Gasteiger partial charge in [-0.05, 0) is 56.4 Å². The van der Waals surface area contributed by atoms with Crippen molar-refractivity contribution < 1.29 is 0 Å². The van der Waals surface area contributed by atoms with Crippen LogP contribution in [0.1, 0.15) is 33.6 Å². The molecule has 0 aromatic rings. The number of hydrogen-bond donors (Lipinski definition) is 1. The molecule has 0 saturated carbocycles. The fraction of sp³-hybridized carbons (Fsp3) is 0.375. The molecule has 0 aromatic carbocycles. The van der Waals surface area contributed by atoms with E-state index < -0.39 is 0 Å². The lowest BCUT2D eigenvalue weighted by atomic mass is 9.92. The summed E-state index contributed by atoms with van der Waals surface area (Å²) in [5.74, 6) is 0. The van der Waals surface area contributed by atoms with Crippen LogP contribution in [0.25, 0.3) is 0 Å². The SMILES string of the molecule is C=C(C)/C(=C/C(=C/C)C1=C(C)CCC=C1)NC. The average Bonchev–Trinajstić information content (AvgIpc) is 2.31. The highest BCUT2D eigenvalue weighted by Gasteiger charge is 2.08. The van der Waals surface area contributed by atoms with Gasteiger partial charge in [-0.3, -0.25) is 0 Å². The number of hydrogen-bond acceptors (Lipinski definition) is 1. The molecule has 1 heteroatoms. The van der Waals surface area contributed by atoms with Gasteiger partial charge >= 0.3 is 0 Å². The van der Waals surface area contributed by atoms with Crippen molar-refractivity contribution in [2.24, 2.45) is 0 Å². The molecule has 0 spiro atoms. The van der Waals surface area contributed by atoms with E-state index in [1.54, 1.807) is 0 Å². The summed E-state index contributed by atoms with van der Waals surface area (Å²) in [6.07, 6.45) is 11.1. The Kier molecular flexibility index (Phi) is 5.02. The summed E-state index contributed by atoms with van der Waals surface area (Å²) >= 11 is 0. The molecule has 1 aliphatic rings. The molecule has 17 heavy (non-hydrogen) atoms. The minimum Gasteiger partial charge on any atom is -0.388 e. The normalized spacial score (nSPS) is 17.4.